The van der Waals surface area contributed by atoms with Crippen molar-refractivity contribution in [3.05, 3.63) is 78.2 Å². The number of hydrogen-bond acceptors (Lipinski definition) is 7. The number of esters is 1. The van der Waals surface area contributed by atoms with Crippen molar-refractivity contribution in [3.8, 4) is 11.3 Å². The van der Waals surface area contributed by atoms with Gasteiger partial charge in [0.2, 0.25) is 0 Å². The van der Waals surface area contributed by atoms with Gasteiger partial charge in [-0.1, -0.05) is 6.07 Å². The fraction of sp³-hybridized carbons (Fsp3) is 0.231. The van der Waals surface area contributed by atoms with Crippen LogP contribution in [-0.4, -0.2) is 53.7 Å². The normalized spacial score (nSPS) is 16.0. The molecule has 0 aliphatic carbocycles. The van der Waals surface area contributed by atoms with Crippen molar-refractivity contribution in [2.24, 2.45) is 0 Å². The van der Waals surface area contributed by atoms with Gasteiger partial charge in [-0.25, -0.2) is 24.1 Å². The maximum atomic E-state index is 13.6. The van der Waals surface area contributed by atoms with Gasteiger partial charge in [0.25, 0.3) is 0 Å². The topological polar surface area (TPSA) is 71.5 Å². The summed E-state index contributed by atoms with van der Waals surface area (Å²) in [5, 5.41) is 0. The van der Waals surface area contributed by atoms with Gasteiger partial charge in [-0.2, -0.15) is 0 Å². The summed E-state index contributed by atoms with van der Waals surface area (Å²) in [5.74, 6) is 0.915. The van der Waals surface area contributed by atoms with Crippen LogP contribution in [0.4, 0.5) is 16.0 Å². The molecule has 2 aromatic heterocycles. The third-order valence-corrected chi connectivity index (χ3v) is 6.06. The summed E-state index contributed by atoms with van der Waals surface area (Å²) in [6.45, 7) is 4.39. The van der Waals surface area contributed by atoms with Crippen LogP contribution in [0.2, 0.25) is 0 Å². The Balaban J connectivity index is 1.57. The minimum absolute atomic E-state index is 0.116. The molecule has 1 unspecified atom stereocenters. The first-order valence-corrected chi connectivity index (χ1v) is 11.1. The van der Waals surface area contributed by atoms with Crippen LogP contribution in [0.5, 0.6) is 0 Å². The van der Waals surface area contributed by atoms with Crippen LogP contribution in [0.1, 0.15) is 17.3 Å². The van der Waals surface area contributed by atoms with E-state index in [1.807, 2.05) is 18.2 Å². The summed E-state index contributed by atoms with van der Waals surface area (Å²) < 4.78 is 18.5. The van der Waals surface area contributed by atoms with Crippen LogP contribution >= 0.6 is 0 Å². The van der Waals surface area contributed by atoms with Crippen LogP contribution in [0.15, 0.2) is 66.9 Å². The molecule has 0 amide bonds. The van der Waals surface area contributed by atoms with Crippen molar-refractivity contribution in [1.82, 2.24) is 15.0 Å². The third kappa shape index (κ3) is 4.14. The van der Waals surface area contributed by atoms with Gasteiger partial charge in [0.1, 0.15) is 17.3 Å². The molecule has 1 saturated heterocycles. The fourth-order valence-corrected chi connectivity index (χ4v) is 4.31. The zero-order valence-electron chi connectivity index (χ0n) is 19.0. The van der Waals surface area contributed by atoms with Crippen LogP contribution in [0.25, 0.3) is 22.3 Å². The van der Waals surface area contributed by atoms with Gasteiger partial charge in [0, 0.05) is 37.4 Å². The van der Waals surface area contributed by atoms with E-state index in [0.29, 0.717) is 34.7 Å². The number of aromatic nitrogens is 3. The number of carbonyl (C=O) groups excluding carboxylic acids is 1. The number of carbonyl (C=O) groups is 1. The third-order valence-electron chi connectivity index (χ3n) is 6.06. The Labute approximate surface area is 196 Å². The zero-order chi connectivity index (χ0) is 23.7. The van der Waals surface area contributed by atoms with E-state index in [9.17, 15) is 9.18 Å². The number of piperazine rings is 1. The van der Waals surface area contributed by atoms with Crippen molar-refractivity contribution >= 4 is 28.6 Å². The van der Waals surface area contributed by atoms with E-state index in [-0.39, 0.29) is 11.9 Å². The fourth-order valence-electron chi connectivity index (χ4n) is 4.31. The Bertz CT molecular complexity index is 1330. The summed E-state index contributed by atoms with van der Waals surface area (Å²) in [7, 11) is 1.35. The average Bonchev–Trinajstić information content (AvgIpc) is 2.88. The molecule has 0 N–H and O–H groups in total. The summed E-state index contributed by atoms with van der Waals surface area (Å²) in [6, 6.07) is 17.4. The smallest absolute Gasteiger partial charge is 0.337 e. The standard InChI is InChI=1S/C26H24FN5O2/c1-17-16-31(23-5-3-4-12-28-23)13-14-32(17)25-24(18-6-9-20(27)10-7-18)29-21-11-8-19(26(33)34-2)15-22(21)30-25/h3-12,15,17H,13-14,16H2,1-2H3. The highest BCUT2D eigenvalue weighted by Crippen LogP contribution is 2.33. The molecule has 0 spiro atoms. The van der Waals surface area contributed by atoms with Gasteiger partial charge in [-0.05, 0) is 61.5 Å². The number of rotatable bonds is 4. The lowest BCUT2D eigenvalue weighted by Gasteiger charge is -2.41. The predicted octanol–water partition coefficient (Wildman–Crippen LogP) is 4.33. The average molecular weight is 458 g/mol. The highest BCUT2D eigenvalue weighted by atomic mass is 19.1. The van der Waals surface area contributed by atoms with E-state index in [0.717, 1.165) is 24.5 Å². The Kier molecular flexibility index (Phi) is 5.79. The maximum absolute atomic E-state index is 13.6. The van der Waals surface area contributed by atoms with Crippen LogP contribution in [0, 0.1) is 5.82 Å². The Hall–Kier alpha value is -4.07. The molecule has 1 aliphatic heterocycles. The lowest BCUT2D eigenvalue weighted by molar-refractivity contribution is 0.0601. The number of ether oxygens (including phenoxy) is 1. The van der Waals surface area contributed by atoms with Crippen molar-refractivity contribution in [3.63, 3.8) is 0 Å². The molecule has 1 aliphatic rings. The molecule has 1 fully saturated rings. The monoisotopic (exact) mass is 457 g/mol. The molecule has 8 heteroatoms. The molecule has 0 bridgehead atoms. The molecule has 2 aromatic carbocycles. The van der Waals surface area contributed by atoms with E-state index in [1.54, 1.807) is 36.5 Å². The summed E-state index contributed by atoms with van der Waals surface area (Å²) >= 11 is 0. The highest BCUT2D eigenvalue weighted by Gasteiger charge is 2.28. The lowest BCUT2D eigenvalue weighted by Crippen LogP contribution is -2.52. The molecule has 0 saturated carbocycles. The van der Waals surface area contributed by atoms with Crippen molar-refractivity contribution in [2.45, 2.75) is 13.0 Å². The van der Waals surface area contributed by atoms with Gasteiger partial charge in [0.05, 0.1) is 23.7 Å². The van der Waals surface area contributed by atoms with E-state index < -0.39 is 5.97 Å². The number of anilines is 2. The predicted molar refractivity (Wildman–Crippen MR) is 130 cm³/mol. The molecule has 3 heterocycles. The van der Waals surface area contributed by atoms with E-state index in [2.05, 4.69) is 21.7 Å². The minimum Gasteiger partial charge on any atom is -0.465 e. The van der Waals surface area contributed by atoms with Crippen LogP contribution < -0.4 is 9.80 Å². The summed E-state index contributed by atoms with van der Waals surface area (Å²) in [5.41, 5.74) is 3.12. The Morgan fingerprint density at radius 1 is 1.03 bits per heavy atom. The number of hydrogen-bond donors (Lipinski definition) is 0. The second kappa shape index (κ2) is 9.05. The minimum atomic E-state index is -0.426. The van der Waals surface area contributed by atoms with Crippen LogP contribution in [-0.2, 0) is 4.74 Å². The van der Waals surface area contributed by atoms with Gasteiger partial charge in [0.15, 0.2) is 5.82 Å². The Morgan fingerprint density at radius 2 is 1.85 bits per heavy atom. The second-order valence-electron chi connectivity index (χ2n) is 8.27. The van der Waals surface area contributed by atoms with Gasteiger partial charge >= 0.3 is 5.97 Å². The number of pyridine rings is 1. The molecular formula is C26H24FN5O2. The first-order valence-electron chi connectivity index (χ1n) is 11.1. The van der Waals surface area contributed by atoms with Gasteiger partial charge in [-0.15, -0.1) is 0 Å². The van der Waals surface area contributed by atoms with E-state index in [4.69, 9.17) is 14.7 Å². The molecule has 0 radical (unpaired) electrons. The molecule has 4 aromatic rings. The SMILES string of the molecule is COC(=O)c1ccc2nc(-c3ccc(F)cc3)c(N3CCN(c4ccccn4)CC3C)nc2c1. The van der Waals surface area contributed by atoms with E-state index >= 15 is 0 Å². The maximum Gasteiger partial charge on any atom is 0.337 e. The largest absolute Gasteiger partial charge is 0.465 e. The first-order chi connectivity index (χ1) is 16.5. The second-order valence-corrected chi connectivity index (χ2v) is 8.27. The molecule has 172 valence electrons. The lowest BCUT2D eigenvalue weighted by atomic mass is 10.1. The van der Waals surface area contributed by atoms with Crippen molar-refractivity contribution in [2.75, 3.05) is 36.5 Å². The molecule has 5 rings (SSSR count). The van der Waals surface area contributed by atoms with E-state index in [1.165, 1.54) is 19.2 Å². The Morgan fingerprint density at radius 3 is 2.56 bits per heavy atom. The summed E-state index contributed by atoms with van der Waals surface area (Å²) in [6.07, 6.45) is 1.80. The molecular weight excluding hydrogens is 433 g/mol. The molecule has 34 heavy (non-hydrogen) atoms. The van der Waals surface area contributed by atoms with Gasteiger partial charge < -0.3 is 14.5 Å². The summed E-state index contributed by atoms with van der Waals surface area (Å²) in [4.78, 5) is 30.8. The molecule has 1 atom stereocenters. The number of benzene rings is 2. The van der Waals surface area contributed by atoms with Crippen molar-refractivity contribution in [1.29, 1.82) is 0 Å². The number of methoxy groups -OCH3 is 1. The number of halogens is 1. The first kappa shape index (κ1) is 21.8. The molecule has 7 nitrogen and oxygen atoms in total. The van der Waals surface area contributed by atoms with Crippen LogP contribution in [0.3, 0.4) is 0 Å². The quantitative estimate of drug-likeness (QED) is 0.422. The highest BCUT2D eigenvalue weighted by molar-refractivity contribution is 5.94. The van der Waals surface area contributed by atoms with Crippen molar-refractivity contribution < 1.29 is 13.9 Å². The number of nitrogens with zero attached hydrogens (tertiary/aromatic N) is 5. The number of fused-ring (bicyclic) bond motifs is 1. The van der Waals surface area contributed by atoms with Gasteiger partial charge in [-0.3, -0.25) is 0 Å². The zero-order valence-corrected chi connectivity index (χ0v) is 19.0.